The zero-order chi connectivity index (χ0) is 11.7. The van der Waals surface area contributed by atoms with E-state index in [1.807, 2.05) is 0 Å². The highest BCUT2D eigenvalue weighted by Crippen LogP contribution is 2.33. The molecule has 88 valence electrons. The molecule has 1 N–H and O–H groups in total. The summed E-state index contributed by atoms with van der Waals surface area (Å²) in [7, 11) is 0. The van der Waals surface area contributed by atoms with Crippen molar-refractivity contribution in [3.63, 3.8) is 0 Å². The van der Waals surface area contributed by atoms with Crippen LogP contribution in [0, 0.1) is 0 Å². The second kappa shape index (κ2) is 4.57. The molecule has 1 aliphatic rings. The van der Waals surface area contributed by atoms with E-state index in [0.717, 1.165) is 12.2 Å². The monoisotopic (exact) mass is 285 g/mol. The maximum atomic E-state index is 11.5. The van der Waals surface area contributed by atoms with Gasteiger partial charge in [0.1, 0.15) is 4.47 Å². The van der Waals surface area contributed by atoms with Gasteiger partial charge in [0, 0.05) is 12.1 Å². The third kappa shape index (κ3) is 1.88. The SMILES string of the molecule is CCC1CCC(C)N1c1nc[nH]c(=O)c1Br. The van der Waals surface area contributed by atoms with Crippen molar-refractivity contribution in [1.29, 1.82) is 0 Å². The molecule has 0 aliphatic carbocycles. The van der Waals surface area contributed by atoms with Gasteiger partial charge in [-0.3, -0.25) is 4.79 Å². The highest BCUT2D eigenvalue weighted by molar-refractivity contribution is 9.10. The van der Waals surface area contributed by atoms with Crippen LogP contribution in [0.5, 0.6) is 0 Å². The fourth-order valence-corrected chi connectivity index (χ4v) is 2.83. The minimum Gasteiger partial charge on any atom is -0.350 e. The van der Waals surface area contributed by atoms with E-state index in [4.69, 9.17) is 0 Å². The second-order valence-electron chi connectivity index (χ2n) is 4.26. The van der Waals surface area contributed by atoms with Gasteiger partial charge in [-0.15, -0.1) is 0 Å². The maximum Gasteiger partial charge on any atom is 0.267 e. The lowest BCUT2D eigenvalue weighted by Crippen LogP contribution is -2.36. The Hall–Kier alpha value is -0.840. The first-order valence-corrected chi connectivity index (χ1v) is 6.46. The summed E-state index contributed by atoms with van der Waals surface area (Å²) in [6.07, 6.45) is 4.91. The van der Waals surface area contributed by atoms with Gasteiger partial charge < -0.3 is 9.88 Å². The molecule has 0 bridgehead atoms. The molecular formula is C11H16BrN3O. The lowest BCUT2D eigenvalue weighted by atomic mass is 10.1. The van der Waals surface area contributed by atoms with E-state index in [1.165, 1.54) is 19.2 Å². The number of hydrogen-bond donors (Lipinski definition) is 1. The van der Waals surface area contributed by atoms with Crippen LogP contribution < -0.4 is 10.5 Å². The molecule has 4 nitrogen and oxygen atoms in total. The molecule has 2 unspecified atom stereocenters. The number of anilines is 1. The Kier molecular flexibility index (Phi) is 3.33. The zero-order valence-electron chi connectivity index (χ0n) is 9.53. The van der Waals surface area contributed by atoms with Crippen LogP contribution in [0.1, 0.15) is 33.1 Å². The zero-order valence-corrected chi connectivity index (χ0v) is 11.1. The summed E-state index contributed by atoms with van der Waals surface area (Å²) in [5.41, 5.74) is -0.112. The van der Waals surface area contributed by atoms with Crippen molar-refractivity contribution in [2.24, 2.45) is 0 Å². The molecule has 2 rings (SSSR count). The molecular weight excluding hydrogens is 270 g/mol. The molecule has 0 saturated carbocycles. The normalized spacial score (nSPS) is 25.1. The number of hydrogen-bond acceptors (Lipinski definition) is 3. The first kappa shape index (κ1) is 11.6. The van der Waals surface area contributed by atoms with Crippen molar-refractivity contribution in [3.05, 3.63) is 21.2 Å². The summed E-state index contributed by atoms with van der Waals surface area (Å²) in [5.74, 6) is 0.778. The van der Waals surface area contributed by atoms with Crippen molar-refractivity contribution < 1.29 is 0 Å². The lowest BCUT2D eigenvalue weighted by Gasteiger charge is -2.29. The van der Waals surface area contributed by atoms with Gasteiger partial charge >= 0.3 is 0 Å². The highest BCUT2D eigenvalue weighted by Gasteiger charge is 2.31. The molecule has 5 heteroatoms. The Morgan fingerprint density at radius 2 is 2.38 bits per heavy atom. The number of halogens is 1. The fraction of sp³-hybridized carbons (Fsp3) is 0.636. The van der Waals surface area contributed by atoms with Gasteiger partial charge in [-0.25, -0.2) is 4.98 Å². The van der Waals surface area contributed by atoms with Crippen LogP contribution in [0.15, 0.2) is 15.6 Å². The van der Waals surface area contributed by atoms with Crippen LogP contribution in [0.4, 0.5) is 5.82 Å². The number of H-pyrrole nitrogens is 1. The molecule has 16 heavy (non-hydrogen) atoms. The predicted molar refractivity (Wildman–Crippen MR) is 67.8 cm³/mol. The third-order valence-corrected chi connectivity index (χ3v) is 3.99. The molecule has 1 saturated heterocycles. The van der Waals surface area contributed by atoms with E-state index in [-0.39, 0.29) is 5.56 Å². The van der Waals surface area contributed by atoms with E-state index in [9.17, 15) is 4.79 Å². The number of rotatable bonds is 2. The summed E-state index contributed by atoms with van der Waals surface area (Å²) in [5, 5.41) is 0. The molecule has 0 spiro atoms. The van der Waals surface area contributed by atoms with Crippen molar-refractivity contribution in [1.82, 2.24) is 9.97 Å². The number of nitrogens with one attached hydrogen (secondary N) is 1. The van der Waals surface area contributed by atoms with Gasteiger partial charge in [-0.2, -0.15) is 0 Å². The van der Waals surface area contributed by atoms with Gasteiger partial charge in [0.15, 0.2) is 5.82 Å². The van der Waals surface area contributed by atoms with E-state index >= 15 is 0 Å². The number of nitrogens with zero attached hydrogens (tertiary/aromatic N) is 2. The Morgan fingerprint density at radius 3 is 3.06 bits per heavy atom. The van der Waals surface area contributed by atoms with Gasteiger partial charge in [0.2, 0.25) is 0 Å². The summed E-state index contributed by atoms with van der Waals surface area (Å²) >= 11 is 3.33. The summed E-state index contributed by atoms with van der Waals surface area (Å²) in [4.78, 5) is 20.7. The summed E-state index contributed by atoms with van der Waals surface area (Å²) in [6.45, 7) is 4.36. The van der Waals surface area contributed by atoms with Crippen LogP contribution in [-0.2, 0) is 0 Å². The lowest BCUT2D eigenvalue weighted by molar-refractivity contribution is 0.618. The Bertz CT molecular complexity index is 431. The van der Waals surface area contributed by atoms with E-state index < -0.39 is 0 Å². The van der Waals surface area contributed by atoms with Crippen LogP contribution in [-0.4, -0.2) is 22.1 Å². The topological polar surface area (TPSA) is 49.0 Å². The molecule has 0 aromatic carbocycles. The Morgan fingerprint density at radius 1 is 1.62 bits per heavy atom. The largest absolute Gasteiger partial charge is 0.350 e. The minimum atomic E-state index is -0.112. The van der Waals surface area contributed by atoms with Crippen molar-refractivity contribution in [2.45, 2.75) is 45.2 Å². The summed E-state index contributed by atoms with van der Waals surface area (Å²) < 4.78 is 0.544. The van der Waals surface area contributed by atoms with Crippen LogP contribution in [0.25, 0.3) is 0 Å². The molecule has 1 aromatic heterocycles. The van der Waals surface area contributed by atoms with Gasteiger partial charge in [-0.05, 0) is 42.1 Å². The quantitative estimate of drug-likeness (QED) is 0.907. The van der Waals surface area contributed by atoms with Gasteiger partial charge in [0.25, 0.3) is 5.56 Å². The Balaban J connectivity index is 2.42. The fourth-order valence-electron chi connectivity index (χ4n) is 2.41. The average Bonchev–Trinajstić information content (AvgIpc) is 2.64. The van der Waals surface area contributed by atoms with E-state index in [0.29, 0.717) is 16.6 Å². The van der Waals surface area contributed by atoms with Gasteiger partial charge in [0.05, 0.1) is 6.33 Å². The molecule has 0 radical (unpaired) electrons. The average molecular weight is 286 g/mol. The minimum absolute atomic E-state index is 0.112. The maximum absolute atomic E-state index is 11.5. The molecule has 2 heterocycles. The molecule has 1 aliphatic heterocycles. The highest BCUT2D eigenvalue weighted by atomic mass is 79.9. The van der Waals surface area contributed by atoms with Crippen molar-refractivity contribution in [2.75, 3.05) is 4.90 Å². The first-order valence-electron chi connectivity index (χ1n) is 5.66. The van der Waals surface area contributed by atoms with Crippen LogP contribution in [0.3, 0.4) is 0 Å². The smallest absolute Gasteiger partial charge is 0.267 e. The molecule has 0 amide bonds. The van der Waals surface area contributed by atoms with Crippen LogP contribution >= 0.6 is 15.9 Å². The third-order valence-electron chi connectivity index (χ3n) is 3.28. The molecule has 2 atom stereocenters. The van der Waals surface area contributed by atoms with Crippen molar-refractivity contribution in [3.8, 4) is 0 Å². The molecule has 1 aromatic rings. The van der Waals surface area contributed by atoms with E-state index in [1.54, 1.807) is 0 Å². The molecule has 1 fully saturated rings. The standard InChI is InChI=1S/C11H16BrN3O/c1-3-8-5-4-7(2)15(8)10-9(12)11(16)14-6-13-10/h6-8H,3-5H2,1-2H3,(H,13,14,16). The first-order chi connectivity index (χ1) is 7.65. The van der Waals surface area contributed by atoms with Gasteiger partial charge in [-0.1, -0.05) is 6.92 Å². The predicted octanol–water partition coefficient (Wildman–Crippen LogP) is 2.30. The second-order valence-corrected chi connectivity index (χ2v) is 5.06. The van der Waals surface area contributed by atoms with Crippen molar-refractivity contribution >= 4 is 21.7 Å². The summed E-state index contributed by atoms with van der Waals surface area (Å²) in [6, 6.07) is 0.955. The number of aromatic nitrogens is 2. The number of aromatic amines is 1. The van der Waals surface area contributed by atoms with Crippen LogP contribution in [0.2, 0.25) is 0 Å². The Labute approximate surface area is 103 Å². The van der Waals surface area contributed by atoms with E-state index in [2.05, 4.69) is 44.6 Å².